The summed E-state index contributed by atoms with van der Waals surface area (Å²) in [6, 6.07) is 0. The molecule has 1 rings (SSSR count). The predicted molar refractivity (Wildman–Crippen MR) is 59.3 cm³/mol. The average molecular weight is 228 g/mol. The van der Waals surface area contributed by atoms with Gasteiger partial charge in [0, 0.05) is 13.0 Å². The first-order valence-electron chi connectivity index (χ1n) is 6.00. The molecule has 0 aromatic rings. The van der Waals surface area contributed by atoms with Crippen molar-refractivity contribution in [1.82, 2.24) is 0 Å². The second-order valence-corrected chi connectivity index (χ2v) is 4.30. The van der Waals surface area contributed by atoms with Gasteiger partial charge in [0.05, 0.1) is 6.42 Å². The van der Waals surface area contributed by atoms with Crippen LogP contribution < -0.4 is 0 Å². The molecule has 0 atom stereocenters. The largest absolute Gasteiger partial charge is 0.481 e. The number of hydrogen-bond acceptors (Lipinski definition) is 3. The van der Waals surface area contributed by atoms with Crippen molar-refractivity contribution < 1.29 is 19.4 Å². The molecule has 1 aliphatic carbocycles. The molecule has 0 unspecified atom stereocenters. The van der Waals surface area contributed by atoms with Crippen molar-refractivity contribution in [3.05, 3.63) is 0 Å². The molecular weight excluding hydrogens is 208 g/mol. The van der Waals surface area contributed by atoms with Crippen molar-refractivity contribution in [3.63, 3.8) is 0 Å². The van der Waals surface area contributed by atoms with Gasteiger partial charge in [-0.25, -0.2) is 0 Å². The van der Waals surface area contributed by atoms with E-state index in [0.29, 0.717) is 6.61 Å². The first kappa shape index (κ1) is 13.2. The fourth-order valence-corrected chi connectivity index (χ4v) is 2.35. The SMILES string of the molecule is CCOC1(C(=O)CCC(=O)O)CCCCC1. The fourth-order valence-electron chi connectivity index (χ4n) is 2.35. The standard InChI is InChI=1S/C12H20O4/c1-2-16-12(8-4-3-5-9-12)10(13)6-7-11(14)15/h2-9H2,1H3,(H,14,15). The lowest BCUT2D eigenvalue weighted by molar-refractivity contribution is -0.151. The maximum absolute atomic E-state index is 12.0. The van der Waals surface area contributed by atoms with Gasteiger partial charge in [0.2, 0.25) is 0 Å². The summed E-state index contributed by atoms with van der Waals surface area (Å²) >= 11 is 0. The Balaban J connectivity index is 2.60. The molecule has 4 nitrogen and oxygen atoms in total. The zero-order chi connectivity index (χ0) is 12.0. The number of carbonyl (C=O) groups is 2. The third-order valence-corrected chi connectivity index (χ3v) is 3.16. The molecule has 0 spiro atoms. The second-order valence-electron chi connectivity index (χ2n) is 4.30. The number of carbonyl (C=O) groups excluding carboxylic acids is 1. The molecule has 0 aliphatic heterocycles. The van der Waals surface area contributed by atoms with Crippen LogP contribution in [0.1, 0.15) is 51.9 Å². The van der Waals surface area contributed by atoms with Crippen LogP contribution in [0, 0.1) is 0 Å². The van der Waals surface area contributed by atoms with E-state index in [1.54, 1.807) is 0 Å². The number of hydrogen-bond donors (Lipinski definition) is 1. The summed E-state index contributed by atoms with van der Waals surface area (Å²) in [5.74, 6) is -0.952. The summed E-state index contributed by atoms with van der Waals surface area (Å²) in [6.45, 7) is 2.39. The van der Waals surface area contributed by atoms with Crippen molar-refractivity contribution in [2.45, 2.75) is 57.5 Å². The fraction of sp³-hybridized carbons (Fsp3) is 0.833. The Morgan fingerprint density at radius 2 is 1.81 bits per heavy atom. The van der Waals surface area contributed by atoms with Crippen LogP contribution in [-0.4, -0.2) is 29.1 Å². The Labute approximate surface area is 96.0 Å². The van der Waals surface area contributed by atoms with Crippen molar-refractivity contribution >= 4 is 11.8 Å². The minimum atomic E-state index is -0.921. The first-order chi connectivity index (χ1) is 7.60. The Morgan fingerprint density at radius 1 is 1.19 bits per heavy atom. The summed E-state index contributed by atoms with van der Waals surface area (Å²) in [6.07, 6.45) is 4.64. The van der Waals surface area contributed by atoms with Gasteiger partial charge in [0.15, 0.2) is 5.78 Å². The molecule has 1 saturated carbocycles. The molecule has 0 aromatic heterocycles. The molecular formula is C12H20O4. The van der Waals surface area contributed by atoms with Gasteiger partial charge in [0.25, 0.3) is 0 Å². The van der Waals surface area contributed by atoms with Crippen molar-refractivity contribution in [2.24, 2.45) is 0 Å². The third kappa shape index (κ3) is 3.30. The maximum Gasteiger partial charge on any atom is 0.303 e. The number of carboxylic acids is 1. The van der Waals surface area contributed by atoms with E-state index < -0.39 is 11.6 Å². The Bertz CT molecular complexity index is 248. The summed E-state index contributed by atoms with van der Waals surface area (Å²) in [7, 11) is 0. The van der Waals surface area contributed by atoms with Gasteiger partial charge in [-0.1, -0.05) is 19.3 Å². The Hall–Kier alpha value is -0.900. The van der Waals surface area contributed by atoms with Crippen LogP contribution in [0.25, 0.3) is 0 Å². The number of ether oxygens (including phenoxy) is 1. The Morgan fingerprint density at radius 3 is 2.31 bits per heavy atom. The van der Waals surface area contributed by atoms with E-state index in [1.165, 1.54) is 0 Å². The monoisotopic (exact) mass is 228 g/mol. The molecule has 16 heavy (non-hydrogen) atoms. The molecule has 0 aromatic carbocycles. The molecule has 0 saturated heterocycles. The zero-order valence-corrected chi connectivity index (χ0v) is 9.83. The molecule has 4 heteroatoms. The van der Waals surface area contributed by atoms with Crippen LogP contribution in [-0.2, 0) is 14.3 Å². The normalized spacial score (nSPS) is 19.3. The highest BCUT2D eigenvalue weighted by molar-refractivity contribution is 5.89. The van der Waals surface area contributed by atoms with E-state index in [1.807, 2.05) is 6.92 Å². The van der Waals surface area contributed by atoms with E-state index in [0.717, 1.165) is 32.1 Å². The van der Waals surface area contributed by atoms with E-state index in [4.69, 9.17) is 9.84 Å². The first-order valence-corrected chi connectivity index (χ1v) is 6.00. The van der Waals surface area contributed by atoms with Gasteiger partial charge in [-0.3, -0.25) is 9.59 Å². The predicted octanol–water partition coefficient (Wildman–Crippen LogP) is 2.16. The van der Waals surface area contributed by atoms with Gasteiger partial charge in [0.1, 0.15) is 5.60 Å². The summed E-state index contributed by atoms with van der Waals surface area (Å²) < 4.78 is 5.62. The number of carboxylic acid groups (broad SMARTS) is 1. The summed E-state index contributed by atoms with van der Waals surface area (Å²) in [5.41, 5.74) is -0.678. The topological polar surface area (TPSA) is 63.6 Å². The molecule has 0 heterocycles. The average Bonchev–Trinajstić information content (AvgIpc) is 2.27. The highest BCUT2D eigenvalue weighted by Crippen LogP contribution is 2.33. The van der Waals surface area contributed by atoms with Crippen LogP contribution in [0.5, 0.6) is 0 Å². The number of Topliss-reactive ketones (excluding diaryl/α,β-unsaturated/α-hetero) is 1. The van der Waals surface area contributed by atoms with Gasteiger partial charge >= 0.3 is 5.97 Å². The summed E-state index contributed by atoms with van der Waals surface area (Å²) in [4.78, 5) is 22.5. The Kier molecular flexibility index (Phi) is 4.93. The quantitative estimate of drug-likeness (QED) is 0.756. The second kappa shape index (κ2) is 5.99. The van der Waals surface area contributed by atoms with Gasteiger partial charge in [-0.15, -0.1) is 0 Å². The summed E-state index contributed by atoms with van der Waals surface area (Å²) in [5, 5.41) is 8.58. The number of ketones is 1. The van der Waals surface area contributed by atoms with Crippen LogP contribution in [0.15, 0.2) is 0 Å². The van der Waals surface area contributed by atoms with Gasteiger partial charge < -0.3 is 9.84 Å². The number of rotatable bonds is 6. The molecule has 0 bridgehead atoms. The maximum atomic E-state index is 12.0. The molecule has 0 amide bonds. The van der Waals surface area contributed by atoms with E-state index in [2.05, 4.69) is 0 Å². The third-order valence-electron chi connectivity index (χ3n) is 3.16. The minimum absolute atomic E-state index is 0.0311. The highest BCUT2D eigenvalue weighted by atomic mass is 16.5. The van der Waals surface area contributed by atoms with Crippen LogP contribution in [0.4, 0.5) is 0 Å². The molecule has 1 fully saturated rings. The molecule has 0 radical (unpaired) electrons. The lowest BCUT2D eigenvalue weighted by atomic mass is 9.80. The zero-order valence-electron chi connectivity index (χ0n) is 9.83. The van der Waals surface area contributed by atoms with Gasteiger partial charge in [-0.2, -0.15) is 0 Å². The van der Waals surface area contributed by atoms with E-state index >= 15 is 0 Å². The van der Waals surface area contributed by atoms with Crippen molar-refractivity contribution in [1.29, 1.82) is 0 Å². The highest BCUT2D eigenvalue weighted by Gasteiger charge is 2.39. The number of aliphatic carboxylic acids is 1. The minimum Gasteiger partial charge on any atom is -0.481 e. The smallest absolute Gasteiger partial charge is 0.303 e. The van der Waals surface area contributed by atoms with Crippen LogP contribution in [0.3, 0.4) is 0 Å². The molecule has 1 aliphatic rings. The van der Waals surface area contributed by atoms with Crippen LogP contribution >= 0.6 is 0 Å². The van der Waals surface area contributed by atoms with Crippen molar-refractivity contribution in [2.75, 3.05) is 6.61 Å². The lowest BCUT2D eigenvalue weighted by Gasteiger charge is -2.35. The van der Waals surface area contributed by atoms with Gasteiger partial charge in [-0.05, 0) is 19.8 Å². The molecule has 92 valence electrons. The van der Waals surface area contributed by atoms with Crippen LogP contribution in [0.2, 0.25) is 0 Å². The van der Waals surface area contributed by atoms with Crippen molar-refractivity contribution in [3.8, 4) is 0 Å². The van der Waals surface area contributed by atoms with E-state index in [9.17, 15) is 9.59 Å². The lowest BCUT2D eigenvalue weighted by Crippen LogP contribution is -2.43. The molecule has 1 N–H and O–H groups in total. The van der Waals surface area contributed by atoms with E-state index in [-0.39, 0.29) is 18.6 Å².